The van der Waals surface area contributed by atoms with Crippen LogP contribution in [0.4, 0.5) is 5.69 Å². The average Bonchev–Trinajstić information content (AvgIpc) is 2.46. The third-order valence-electron chi connectivity index (χ3n) is 3.17. The Morgan fingerprint density at radius 2 is 2.15 bits per heavy atom. The molecular weight excluding hydrogens is 256 g/mol. The summed E-state index contributed by atoms with van der Waals surface area (Å²) in [5.41, 5.74) is 1.64. The number of nitrogens with zero attached hydrogens (tertiary/aromatic N) is 2. The van der Waals surface area contributed by atoms with Crippen LogP contribution in [0.15, 0.2) is 30.3 Å². The molecule has 0 bridgehead atoms. The fourth-order valence-electron chi connectivity index (χ4n) is 2.15. The van der Waals surface area contributed by atoms with E-state index < -0.39 is 5.97 Å². The number of benzene rings is 1. The number of fused-ring (bicyclic) bond motifs is 1. The molecule has 1 heterocycles. The van der Waals surface area contributed by atoms with Crippen LogP contribution < -0.4 is 4.90 Å². The number of aromatic nitrogens is 1. The number of anilines is 1. The van der Waals surface area contributed by atoms with E-state index in [0.29, 0.717) is 12.1 Å². The molecule has 0 spiro atoms. The van der Waals surface area contributed by atoms with Crippen molar-refractivity contribution < 1.29 is 14.6 Å². The zero-order valence-corrected chi connectivity index (χ0v) is 11.7. The molecule has 1 aromatic heterocycles. The van der Waals surface area contributed by atoms with Crippen molar-refractivity contribution in [2.75, 3.05) is 32.2 Å². The third kappa shape index (κ3) is 3.05. The van der Waals surface area contributed by atoms with Crippen molar-refractivity contribution in [2.24, 2.45) is 0 Å². The maximum atomic E-state index is 11.2. The Morgan fingerprint density at radius 3 is 2.85 bits per heavy atom. The van der Waals surface area contributed by atoms with Crippen molar-refractivity contribution >= 4 is 22.6 Å². The number of hydrogen-bond donors (Lipinski definition) is 1. The number of methoxy groups -OCH3 is 1. The van der Waals surface area contributed by atoms with Crippen LogP contribution >= 0.6 is 0 Å². The van der Waals surface area contributed by atoms with Crippen LogP contribution in [0.3, 0.4) is 0 Å². The molecule has 2 rings (SSSR count). The highest BCUT2D eigenvalue weighted by molar-refractivity contribution is 5.97. The number of carbonyl (C=O) groups is 1. The van der Waals surface area contributed by atoms with Gasteiger partial charge in [-0.05, 0) is 18.6 Å². The molecule has 1 N–H and O–H groups in total. The lowest BCUT2D eigenvalue weighted by Crippen LogP contribution is -2.20. The largest absolute Gasteiger partial charge is 0.477 e. The van der Waals surface area contributed by atoms with Gasteiger partial charge in [-0.25, -0.2) is 9.78 Å². The van der Waals surface area contributed by atoms with E-state index in [2.05, 4.69) is 4.98 Å². The molecule has 0 amide bonds. The summed E-state index contributed by atoms with van der Waals surface area (Å²) >= 11 is 0. The summed E-state index contributed by atoms with van der Waals surface area (Å²) in [7, 11) is 3.62. The molecule has 0 unspecified atom stereocenters. The first kappa shape index (κ1) is 14.3. The van der Waals surface area contributed by atoms with Crippen LogP contribution in [-0.4, -0.2) is 43.4 Å². The molecule has 5 nitrogen and oxygen atoms in total. The lowest BCUT2D eigenvalue weighted by Gasteiger charge is -2.21. The highest BCUT2D eigenvalue weighted by atomic mass is 16.5. The predicted octanol–water partition coefficient (Wildman–Crippen LogP) is 2.41. The van der Waals surface area contributed by atoms with Crippen LogP contribution in [0.5, 0.6) is 0 Å². The SMILES string of the molecule is COCCCN(C)c1cc(C(=O)O)nc2ccccc12. The van der Waals surface area contributed by atoms with Gasteiger partial charge in [-0.1, -0.05) is 18.2 Å². The van der Waals surface area contributed by atoms with E-state index in [1.54, 1.807) is 13.2 Å². The minimum atomic E-state index is -1.01. The van der Waals surface area contributed by atoms with Crippen LogP contribution in [0.2, 0.25) is 0 Å². The summed E-state index contributed by atoms with van der Waals surface area (Å²) in [5.74, 6) is -1.01. The average molecular weight is 274 g/mol. The van der Waals surface area contributed by atoms with Crippen LogP contribution in [0.1, 0.15) is 16.9 Å². The number of carboxylic acids is 1. The fourth-order valence-corrected chi connectivity index (χ4v) is 2.15. The van der Waals surface area contributed by atoms with Crippen molar-refractivity contribution in [1.29, 1.82) is 0 Å². The molecule has 5 heteroatoms. The van der Waals surface area contributed by atoms with E-state index in [4.69, 9.17) is 9.84 Å². The second kappa shape index (κ2) is 6.34. The molecule has 106 valence electrons. The normalized spacial score (nSPS) is 10.7. The van der Waals surface area contributed by atoms with E-state index >= 15 is 0 Å². The summed E-state index contributed by atoms with van der Waals surface area (Å²) in [6.07, 6.45) is 0.881. The summed E-state index contributed by atoms with van der Waals surface area (Å²) < 4.78 is 5.04. The molecule has 20 heavy (non-hydrogen) atoms. The number of ether oxygens (including phenoxy) is 1. The van der Waals surface area contributed by atoms with Gasteiger partial charge in [-0.2, -0.15) is 0 Å². The van der Waals surface area contributed by atoms with Crippen molar-refractivity contribution in [1.82, 2.24) is 4.98 Å². The van der Waals surface area contributed by atoms with Gasteiger partial charge in [0.1, 0.15) is 0 Å². The molecule has 0 radical (unpaired) electrons. The van der Waals surface area contributed by atoms with Crippen molar-refractivity contribution in [3.8, 4) is 0 Å². The third-order valence-corrected chi connectivity index (χ3v) is 3.17. The smallest absolute Gasteiger partial charge is 0.354 e. The Hall–Kier alpha value is -2.14. The molecule has 0 fully saturated rings. The van der Waals surface area contributed by atoms with Gasteiger partial charge in [-0.3, -0.25) is 0 Å². The highest BCUT2D eigenvalue weighted by Gasteiger charge is 2.13. The topological polar surface area (TPSA) is 62.7 Å². The molecule has 0 atom stereocenters. The van der Waals surface area contributed by atoms with Gasteiger partial charge < -0.3 is 14.7 Å². The summed E-state index contributed by atoms with van der Waals surface area (Å²) in [6.45, 7) is 1.47. The molecule has 0 saturated heterocycles. The molecule has 2 aromatic rings. The summed E-state index contributed by atoms with van der Waals surface area (Å²) in [6, 6.07) is 9.19. The molecule has 1 aromatic carbocycles. The van der Waals surface area contributed by atoms with Crippen molar-refractivity contribution in [2.45, 2.75) is 6.42 Å². The summed E-state index contributed by atoms with van der Waals surface area (Å²) in [5, 5.41) is 10.1. The first-order chi connectivity index (χ1) is 9.63. The Labute approximate surface area is 117 Å². The minimum Gasteiger partial charge on any atom is -0.477 e. The van der Waals surface area contributed by atoms with Crippen LogP contribution in [0, 0.1) is 0 Å². The number of pyridine rings is 1. The maximum absolute atomic E-state index is 11.2. The number of carboxylic acid groups (broad SMARTS) is 1. The number of para-hydroxylation sites is 1. The lowest BCUT2D eigenvalue weighted by atomic mass is 10.1. The quantitative estimate of drug-likeness (QED) is 0.820. The van der Waals surface area contributed by atoms with E-state index in [1.807, 2.05) is 36.2 Å². The van der Waals surface area contributed by atoms with Crippen LogP contribution in [-0.2, 0) is 4.74 Å². The monoisotopic (exact) mass is 274 g/mol. The predicted molar refractivity (Wildman–Crippen MR) is 78.5 cm³/mol. The van der Waals surface area contributed by atoms with Gasteiger partial charge in [0.15, 0.2) is 5.69 Å². The van der Waals surface area contributed by atoms with Gasteiger partial charge in [-0.15, -0.1) is 0 Å². The second-order valence-electron chi connectivity index (χ2n) is 4.62. The van der Waals surface area contributed by atoms with Crippen molar-refractivity contribution in [3.63, 3.8) is 0 Å². The van der Waals surface area contributed by atoms with E-state index in [1.165, 1.54) is 0 Å². The maximum Gasteiger partial charge on any atom is 0.354 e. The molecule has 0 aliphatic carbocycles. The van der Waals surface area contributed by atoms with Gasteiger partial charge in [0, 0.05) is 38.4 Å². The van der Waals surface area contributed by atoms with Gasteiger partial charge in [0.25, 0.3) is 0 Å². The van der Waals surface area contributed by atoms with E-state index in [-0.39, 0.29) is 5.69 Å². The molecular formula is C15H18N2O3. The number of aromatic carboxylic acids is 1. The zero-order valence-electron chi connectivity index (χ0n) is 11.7. The fraction of sp³-hybridized carbons (Fsp3) is 0.333. The zero-order chi connectivity index (χ0) is 14.5. The standard InChI is InChI=1S/C15H18N2O3/c1-17(8-5-9-20-2)14-10-13(15(18)19)16-12-7-4-3-6-11(12)14/h3-4,6-7,10H,5,8-9H2,1-2H3,(H,18,19). The second-order valence-corrected chi connectivity index (χ2v) is 4.62. The van der Waals surface area contributed by atoms with Gasteiger partial charge >= 0.3 is 5.97 Å². The molecule has 0 aliphatic heterocycles. The summed E-state index contributed by atoms with van der Waals surface area (Å²) in [4.78, 5) is 17.4. The van der Waals surface area contributed by atoms with Gasteiger partial charge in [0.2, 0.25) is 0 Å². The number of rotatable bonds is 6. The van der Waals surface area contributed by atoms with Crippen molar-refractivity contribution in [3.05, 3.63) is 36.0 Å². The minimum absolute atomic E-state index is 0.0669. The van der Waals surface area contributed by atoms with Gasteiger partial charge in [0.05, 0.1) is 5.52 Å². The Bertz CT molecular complexity index is 613. The van der Waals surface area contributed by atoms with Crippen LogP contribution in [0.25, 0.3) is 10.9 Å². The Morgan fingerprint density at radius 1 is 1.40 bits per heavy atom. The highest BCUT2D eigenvalue weighted by Crippen LogP contribution is 2.26. The number of hydrogen-bond acceptors (Lipinski definition) is 4. The molecule has 0 aliphatic rings. The Kier molecular flexibility index (Phi) is 4.53. The Balaban J connectivity index is 2.41. The first-order valence-electron chi connectivity index (χ1n) is 6.46. The van der Waals surface area contributed by atoms with E-state index in [9.17, 15) is 4.79 Å². The van der Waals surface area contributed by atoms with E-state index in [0.717, 1.165) is 24.0 Å². The lowest BCUT2D eigenvalue weighted by molar-refractivity contribution is 0.0691. The molecule has 0 saturated carbocycles. The first-order valence-corrected chi connectivity index (χ1v) is 6.46.